The van der Waals surface area contributed by atoms with Crippen molar-refractivity contribution in [2.24, 2.45) is 32.9 Å². The van der Waals surface area contributed by atoms with Gasteiger partial charge in [-0.3, -0.25) is 41.7 Å². The fourth-order valence-electron chi connectivity index (χ4n) is 0.776. The molecule has 0 heterocycles. The minimum Gasteiger partial charge on any atom is -0.369 e. The maximum absolute atomic E-state index is 6.81. The van der Waals surface area contributed by atoms with Crippen LogP contribution in [0.15, 0.2) is 9.98 Å². The summed E-state index contributed by atoms with van der Waals surface area (Å²) in [6.07, 6.45) is 0. The van der Waals surface area contributed by atoms with Crippen LogP contribution in [-0.2, 0) is 19.5 Å². The van der Waals surface area contributed by atoms with E-state index in [4.69, 9.17) is 33.8 Å². The second-order valence-corrected chi connectivity index (χ2v) is 3.33. The molecule has 0 aliphatic rings. The second kappa shape index (κ2) is 12.7. The van der Waals surface area contributed by atoms with Crippen molar-refractivity contribution in [1.82, 2.24) is 20.9 Å². The minimum atomic E-state index is -0.172. The molecular formula is C8H24N12Zn. The smallest absolute Gasteiger partial charge is 0.209 e. The van der Waals surface area contributed by atoms with E-state index in [0.29, 0.717) is 0 Å². The first-order chi connectivity index (χ1) is 9.15. The zero-order valence-corrected chi connectivity index (χ0v) is 15.8. The Hall–Kier alpha value is -2.30. The van der Waals surface area contributed by atoms with E-state index < -0.39 is 0 Å². The summed E-state index contributed by atoms with van der Waals surface area (Å²) >= 11 is 0. The van der Waals surface area contributed by atoms with Crippen LogP contribution < -0.4 is 33.8 Å². The van der Waals surface area contributed by atoms with Crippen LogP contribution in [0.3, 0.4) is 0 Å². The summed E-state index contributed by atoms with van der Waals surface area (Å²) in [5.74, 6) is 0.202. The van der Waals surface area contributed by atoms with E-state index in [0.717, 1.165) is 0 Å². The molecule has 0 atom stereocenters. The number of nitrogens with zero attached hydrogens (tertiary/aromatic N) is 4. The van der Waals surface area contributed by atoms with Crippen molar-refractivity contribution in [2.75, 3.05) is 28.2 Å². The average molecular weight is 354 g/mol. The molecule has 0 aromatic carbocycles. The summed E-state index contributed by atoms with van der Waals surface area (Å²) in [7, 11) is 6.33. The molecule has 0 fully saturated rings. The molecule has 0 rings (SSSR count). The van der Waals surface area contributed by atoms with Gasteiger partial charge in [0.2, 0.25) is 23.8 Å². The molecule has 0 aromatic heterocycles. The quantitative estimate of drug-likeness (QED) is 0.0946. The van der Waals surface area contributed by atoms with Crippen LogP contribution in [-0.4, -0.2) is 62.0 Å². The maximum Gasteiger partial charge on any atom is 0.209 e. The molecule has 0 spiro atoms. The van der Waals surface area contributed by atoms with Crippen LogP contribution in [0.1, 0.15) is 0 Å². The van der Waals surface area contributed by atoms with Gasteiger partial charge < -0.3 is 22.9 Å². The molecule has 0 bridgehead atoms. The van der Waals surface area contributed by atoms with E-state index in [1.807, 2.05) is 0 Å². The molecule has 0 radical (unpaired) electrons. The third-order valence-electron chi connectivity index (χ3n) is 1.72. The van der Waals surface area contributed by atoms with E-state index in [1.54, 1.807) is 28.2 Å². The minimum absolute atomic E-state index is 0. The van der Waals surface area contributed by atoms with Crippen LogP contribution in [0.2, 0.25) is 0 Å². The molecule has 0 aromatic rings. The number of aliphatic imine (C=N–C) groups is 2. The predicted molar refractivity (Wildman–Crippen MR) is 80.7 cm³/mol. The normalized spacial score (nSPS) is 10.3. The first kappa shape index (κ1) is 23.8. The summed E-state index contributed by atoms with van der Waals surface area (Å²) in [5.41, 5.74) is 25.5. The van der Waals surface area contributed by atoms with Crippen LogP contribution in [0.5, 0.6) is 0 Å². The summed E-state index contributed by atoms with van der Waals surface area (Å²) in [6.45, 7) is 0. The van der Waals surface area contributed by atoms with Crippen LogP contribution in [0.4, 0.5) is 0 Å². The maximum atomic E-state index is 6.81. The molecule has 12 N–H and O–H groups in total. The number of nitrogens with one attached hydrogen (secondary N) is 4. The third-order valence-corrected chi connectivity index (χ3v) is 1.72. The summed E-state index contributed by atoms with van der Waals surface area (Å²) in [5, 5.41) is 16.3. The van der Waals surface area contributed by atoms with E-state index in [9.17, 15) is 0 Å². The fraction of sp³-hybridized carbons (Fsp3) is 0.500. The molecule has 0 saturated carbocycles. The van der Waals surface area contributed by atoms with Crippen molar-refractivity contribution in [3.63, 3.8) is 0 Å². The Kier molecular flexibility index (Phi) is 14.4. The SMILES string of the molecule is CN=C(N)N(C)NC(=N)N.CN=C(N)N(C)NC(=N)N.[Zn]. The molecule has 12 nitrogen and oxygen atoms in total. The molecule has 0 aliphatic carbocycles. The van der Waals surface area contributed by atoms with Gasteiger partial charge in [-0.15, -0.1) is 0 Å². The van der Waals surface area contributed by atoms with E-state index in [-0.39, 0.29) is 43.3 Å². The Labute approximate surface area is 136 Å². The molecule has 21 heavy (non-hydrogen) atoms. The van der Waals surface area contributed by atoms with Gasteiger partial charge in [0.15, 0.2) is 0 Å². The largest absolute Gasteiger partial charge is 0.369 e. The standard InChI is InChI=1S/2C4H12N6.Zn/c2*1-8-4(7)10(2)9-3(5)6;/h2*1-2H3,(H2,7,8)(H4,5,6,9);. The first-order valence-corrected chi connectivity index (χ1v) is 5.29. The van der Waals surface area contributed by atoms with Gasteiger partial charge in [-0.1, -0.05) is 0 Å². The van der Waals surface area contributed by atoms with Gasteiger partial charge in [-0.2, -0.15) is 0 Å². The van der Waals surface area contributed by atoms with Crippen molar-refractivity contribution in [1.29, 1.82) is 10.8 Å². The molecule has 0 unspecified atom stereocenters. The summed E-state index contributed by atoms with van der Waals surface area (Å²) in [6, 6.07) is 0. The van der Waals surface area contributed by atoms with Crippen LogP contribution in [0, 0.1) is 10.8 Å². The van der Waals surface area contributed by atoms with Gasteiger partial charge in [0.05, 0.1) is 0 Å². The Morgan fingerprint density at radius 2 is 1.05 bits per heavy atom. The van der Waals surface area contributed by atoms with Gasteiger partial charge in [0.25, 0.3) is 0 Å². The number of nitrogens with two attached hydrogens (primary N) is 4. The van der Waals surface area contributed by atoms with Gasteiger partial charge in [-0.25, -0.2) is 0 Å². The predicted octanol–water partition coefficient (Wildman–Crippen LogP) is -3.48. The van der Waals surface area contributed by atoms with Crippen LogP contribution >= 0.6 is 0 Å². The molecule has 0 amide bonds. The number of rotatable bonds is 0. The first-order valence-electron chi connectivity index (χ1n) is 5.29. The Morgan fingerprint density at radius 3 is 1.19 bits per heavy atom. The van der Waals surface area contributed by atoms with Gasteiger partial charge in [0, 0.05) is 47.7 Å². The average Bonchev–Trinajstić information content (AvgIpc) is 2.35. The van der Waals surface area contributed by atoms with Gasteiger partial charge in [-0.05, 0) is 0 Å². The van der Waals surface area contributed by atoms with Gasteiger partial charge >= 0.3 is 0 Å². The van der Waals surface area contributed by atoms with E-state index >= 15 is 0 Å². The van der Waals surface area contributed by atoms with Crippen molar-refractivity contribution >= 4 is 23.8 Å². The van der Waals surface area contributed by atoms with Gasteiger partial charge in [0.1, 0.15) is 0 Å². The molecule has 118 valence electrons. The summed E-state index contributed by atoms with van der Waals surface area (Å²) in [4.78, 5) is 7.29. The molecular weight excluding hydrogens is 330 g/mol. The topological polar surface area (TPSA) is 207 Å². The second-order valence-electron chi connectivity index (χ2n) is 3.33. The zero-order chi connectivity index (χ0) is 16.3. The van der Waals surface area contributed by atoms with Crippen molar-refractivity contribution < 1.29 is 19.5 Å². The van der Waals surface area contributed by atoms with Crippen molar-refractivity contribution in [2.45, 2.75) is 0 Å². The van der Waals surface area contributed by atoms with E-state index in [1.165, 1.54) is 10.0 Å². The monoisotopic (exact) mass is 352 g/mol. The fourth-order valence-corrected chi connectivity index (χ4v) is 0.776. The molecule has 0 aliphatic heterocycles. The Morgan fingerprint density at radius 1 is 0.810 bits per heavy atom. The molecule has 13 heteroatoms. The zero-order valence-electron chi connectivity index (χ0n) is 12.8. The van der Waals surface area contributed by atoms with E-state index in [2.05, 4.69) is 20.8 Å². The molecule has 0 saturated heterocycles. The third kappa shape index (κ3) is 13.9. The Bertz CT molecular complexity index is 341. The van der Waals surface area contributed by atoms with Crippen molar-refractivity contribution in [3.05, 3.63) is 0 Å². The number of hydrogen-bond acceptors (Lipinski definition) is 4. The van der Waals surface area contributed by atoms with Crippen LogP contribution in [0.25, 0.3) is 0 Å². The van der Waals surface area contributed by atoms with Crippen molar-refractivity contribution in [3.8, 4) is 0 Å². The number of hydrazine groups is 2. The summed E-state index contributed by atoms with van der Waals surface area (Å²) < 4.78 is 0. The number of guanidine groups is 4. The number of hydrogen-bond donors (Lipinski definition) is 8. The Balaban J connectivity index is -0.000000295.